The van der Waals surface area contributed by atoms with E-state index in [0.29, 0.717) is 0 Å². The molecule has 1 heterocycles. The number of carbonyl (C=O) groups is 1. The van der Waals surface area contributed by atoms with Gasteiger partial charge in [0, 0.05) is 20.2 Å². The number of hydrogen-bond donors (Lipinski definition) is 0. The summed E-state index contributed by atoms with van der Waals surface area (Å²) in [6.07, 6.45) is 1.05. The van der Waals surface area contributed by atoms with Gasteiger partial charge in [-0.3, -0.25) is 14.9 Å². The molecule has 0 fully saturated rings. The molecule has 0 unspecified atom stereocenters. The number of pyridine rings is 1. The third-order valence-corrected chi connectivity index (χ3v) is 2.83. The van der Waals surface area contributed by atoms with Gasteiger partial charge in [-0.05, 0) is 6.07 Å². The summed E-state index contributed by atoms with van der Waals surface area (Å²) < 4.78 is 4.89. The summed E-state index contributed by atoms with van der Waals surface area (Å²) in [5, 5.41) is 19.6. The maximum atomic E-state index is 12.4. The highest BCUT2D eigenvalue weighted by molar-refractivity contribution is 6.29. The van der Waals surface area contributed by atoms with Gasteiger partial charge >= 0.3 is 0 Å². The second-order valence-corrected chi connectivity index (χ2v) is 4.36. The van der Waals surface area contributed by atoms with Gasteiger partial charge in [-0.25, -0.2) is 4.98 Å². The lowest BCUT2D eigenvalue weighted by Crippen LogP contribution is -2.35. The van der Waals surface area contributed by atoms with Crippen molar-refractivity contribution in [1.29, 1.82) is 5.26 Å². The zero-order valence-electron chi connectivity index (χ0n) is 11.3. The van der Waals surface area contributed by atoms with E-state index in [1.165, 1.54) is 12.0 Å². The summed E-state index contributed by atoms with van der Waals surface area (Å²) in [5.74, 6) is -0.585. The number of nitriles is 1. The monoisotopic (exact) mass is 312 g/mol. The topological polar surface area (TPSA) is 109 Å². The van der Waals surface area contributed by atoms with E-state index < -0.39 is 16.5 Å². The molecule has 1 rings (SSSR count). The van der Waals surface area contributed by atoms with Crippen LogP contribution in [-0.2, 0) is 4.74 Å². The van der Waals surface area contributed by atoms with Gasteiger partial charge in [0.05, 0.1) is 24.0 Å². The highest BCUT2D eigenvalue weighted by atomic mass is 35.5. The predicted octanol–water partition coefficient (Wildman–Crippen LogP) is 1.65. The molecule has 1 amide bonds. The fourth-order valence-corrected chi connectivity index (χ4v) is 1.77. The van der Waals surface area contributed by atoms with Crippen molar-refractivity contribution in [2.75, 3.05) is 26.8 Å². The molecule has 0 aliphatic carbocycles. The number of hydrogen-bond acceptors (Lipinski definition) is 6. The molecule has 9 heteroatoms. The molecule has 0 N–H and O–H groups in total. The van der Waals surface area contributed by atoms with E-state index >= 15 is 0 Å². The first-order valence-corrected chi connectivity index (χ1v) is 6.34. The van der Waals surface area contributed by atoms with Gasteiger partial charge in [0.15, 0.2) is 0 Å². The van der Waals surface area contributed by atoms with Gasteiger partial charge in [-0.1, -0.05) is 11.6 Å². The van der Waals surface area contributed by atoms with Gasteiger partial charge in [0.2, 0.25) is 0 Å². The molecule has 0 spiro atoms. The van der Waals surface area contributed by atoms with Crippen LogP contribution in [0.5, 0.6) is 0 Å². The third kappa shape index (κ3) is 4.66. The Morgan fingerprint density at radius 2 is 2.33 bits per heavy atom. The number of methoxy groups -OCH3 is 1. The maximum absolute atomic E-state index is 12.4. The van der Waals surface area contributed by atoms with Gasteiger partial charge < -0.3 is 9.64 Å². The highest BCUT2D eigenvalue weighted by Crippen LogP contribution is 2.22. The van der Waals surface area contributed by atoms with Crippen LogP contribution in [0, 0.1) is 21.4 Å². The number of nitrogens with zero attached hydrogens (tertiary/aromatic N) is 4. The van der Waals surface area contributed by atoms with Crippen molar-refractivity contribution >= 4 is 23.2 Å². The minimum absolute atomic E-state index is 0.0177. The highest BCUT2D eigenvalue weighted by Gasteiger charge is 2.25. The molecule has 0 bridgehead atoms. The summed E-state index contributed by atoms with van der Waals surface area (Å²) >= 11 is 5.70. The van der Waals surface area contributed by atoms with Crippen LogP contribution in [-0.4, -0.2) is 47.5 Å². The Morgan fingerprint density at radius 3 is 2.90 bits per heavy atom. The molecule has 112 valence electrons. The van der Waals surface area contributed by atoms with Gasteiger partial charge in [0.25, 0.3) is 11.6 Å². The Bertz CT molecular complexity index is 573. The molecule has 0 aliphatic heterocycles. The Hall–Kier alpha value is -2.24. The number of amides is 1. The molecule has 0 saturated heterocycles. The molecule has 0 atom stereocenters. The smallest absolute Gasteiger partial charge is 0.300 e. The number of ether oxygens (including phenoxy) is 1. The van der Waals surface area contributed by atoms with E-state index in [-0.39, 0.29) is 36.8 Å². The van der Waals surface area contributed by atoms with E-state index in [2.05, 4.69) is 4.98 Å². The van der Waals surface area contributed by atoms with E-state index in [1.807, 2.05) is 6.07 Å². The van der Waals surface area contributed by atoms with Gasteiger partial charge in [-0.2, -0.15) is 5.26 Å². The van der Waals surface area contributed by atoms with E-state index in [4.69, 9.17) is 21.6 Å². The minimum Gasteiger partial charge on any atom is -0.383 e. The first kappa shape index (κ1) is 16.8. The maximum Gasteiger partial charge on any atom is 0.300 e. The summed E-state index contributed by atoms with van der Waals surface area (Å²) in [4.78, 5) is 27.6. The molecule has 21 heavy (non-hydrogen) atoms. The molecule has 0 radical (unpaired) electrons. The summed E-state index contributed by atoms with van der Waals surface area (Å²) in [5.41, 5.74) is -0.585. The molecule has 0 aromatic carbocycles. The Morgan fingerprint density at radius 1 is 1.62 bits per heavy atom. The first-order valence-electron chi connectivity index (χ1n) is 5.96. The first-order chi connectivity index (χ1) is 10.0. The summed E-state index contributed by atoms with van der Waals surface area (Å²) in [6, 6.07) is 3.07. The number of nitro groups is 1. The van der Waals surface area contributed by atoms with E-state index in [0.717, 1.165) is 12.3 Å². The molecule has 0 aliphatic rings. The molecule has 8 nitrogen and oxygen atoms in total. The number of halogens is 1. The fourth-order valence-electron chi connectivity index (χ4n) is 1.61. The lowest BCUT2D eigenvalue weighted by Gasteiger charge is -2.21. The average Bonchev–Trinajstić information content (AvgIpc) is 2.46. The number of carbonyl (C=O) groups excluding carboxylic acids is 1. The quantitative estimate of drug-likeness (QED) is 0.430. The van der Waals surface area contributed by atoms with Crippen LogP contribution in [0.2, 0.25) is 5.15 Å². The lowest BCUT2D eigenvalue weighted by molar-refractivity contribution is -0.385. The Labute approximate surface area is 126 Å². The number of aromatic nitrogens is 1. The predicted molar refractivity (Wildman–Crippen MR) is 73.9 cm³/mol. The normalized spacial score (nSPS) is 9.95. The second-order valence-electron chi connectivity index (χ2n) is 3.97. The zero-order valence-corrected chi connectivity index (χ0v) is 12.0. The van der Waals surface area contributed by atoms with Crippen molar-refractivity contribution < 1.29 is 14.5 Å². The van der Waals surface area contributed by atoms with Crippen LogP contribution in [0.15, 0.2) is 12.3 Å². The van der Waals surface area contributed by atoms with Gasteiger partial charge in [-0.15, -0.1) is 0 Å². The summed E-state index contributed by atoms with van der Waals surface area (Å²) in [6.45, 7) is 0.619. The van der Waals surface area contributed by atoms with Crippen LogP contribution < -0.4 is 0 Å². The van der Waals surface area contributed by atoms with Crippen molar-refractivity contribution in [2.45, 2.75) is 6.42 Å². The van der Waals surface area contributed by atoms with Crippen molar-refractivity contribution in [3.63, 3.8) is 0 Å². The molecular formula is C12H13ClN4O4. The van der Waals surface area contributed by atoms with Gasteiger partial charge in [0.1, 0.15) is 16.9 Å². The van der Waals surface area contributed by atoms with Crippen molar-refractivity contribution in [1.82, 2.24) is 9.88 Å². The standard InChI is InChI=1S/C12H13ClN4O4/c1-21-6-5-16(4-2-3-14)12(18)9-7-11(13)15-8-10(9)17(19)20/h7-8H,2,4-6H2,1H3. The Balaban J connectivity index is 3.09. The lowest BCUT2D eigenvalue weighted by atomic mass is 10.2. The average molecular weight is 313 g/mol. The molecular weight excluding hydrogens is 300 g/mol. The van der Waals surface area contributed by atoms with Crippen LogP contribution in [0.4, 0.5) is 5.69 Å². The zero-order chi connectivity index (χ0) is 15.8. The Kier molecular flexibility index (Phi) is 6.52. The largest absolute Gasteiger partial charge is 0.383 e. The van der Waals surface area contributed by atoms with Crippen molar-refractivity contribution in [3.8, 4) is 6.07 Å². The van der Waals surface area contributed by atoms with Crippen molar-refractivity contribution in [3.05, 3.63) is 33.1 Å². The van der Waals surface area contributed by atoms with Crippen LogP contribution >= 0.6 is 11.6 Å². The SMILES string of the molecule is COCCN(CCC#N)C(=O)c1cc(Cl)ncc1[N+](=O)[O-]. The number of rotatable bonds is 7. The van der Waals surface area contributed by atoms with Crippen molar-refractivity contribution in [2.24, 2.45) is 0 Å². The second kappa shape index (κ2) is 8.14. The van der Waals surface area contributed by atoms with Crippen LogP contribution in [0.1, 0.15) is 16.8 Å². The van der Waals surface area contributed by atoms with E-state index in [9.17, 15) is 14.9 Å². The molecule has 1 aromatic heterocycles. The fraction of sp³-hybridized carbons (Fsp3) is 0.417. The molecule has 1 aromatic rings. The summed E-state index contributed by atoms with van der Waals surface area (Å²) in [7, 11) is 1.47. The third-order valence-electron chi connectivity index (χ3n) is 2.62. The molecule has 0 saturated carbocycles. The van der Waals surface area contributed by atoms with Crippen LogP contribution in [0.3, 0.4) is 0 Å². The van der Waals surface area contributed by atoms with E-state index in [1.54, 1.807) is 0 Å². The minimum atomic E-state index is -0.699. The van der Waals surface area contributed by atoms with Crippen LogP contribution in [0.25, 0.3) is 0 Å².